The molecule has 0 fully saturated rings. The second-order valence-corrected chi connectivity index (χ2v) is 8.46. The predicted octanol–water partition coefficient (Wildman–Crippen LogP) is 5.46. The Hall–Kier alpha value is -3.20. The minimum absolute atomic E-state index is 0.0177. The van der Waals surface area contributed by atoms with E-state index in [1.54, 1.807) is 29.6 Å². The Kier molecular flexibility index (Phi) is 6.98. The van der Waals surface area contributed by atoms with Gasteiger partial charge in [0.15, 0.2) is 0 Å². The fourth-order valence-electron chi connectivity index (χ4n) is 3.00. The van der Waals surface area contributed by atoms with Crippen molar-refractivity contribution in [1.82, 2.24) is 10.3 Å². The summed E-state index contributed by atoms with van der Waals surface area (Å²) in [5.41, 5.74) is 1.77. The Balaban J connectivity index is 1.69. The third-order valence-electron chi connectivity index (χ3n) is 4.52. The molecule has 0 bridgehead atoms. The first kappa shape index (κ1) is 23.5. The second kappa shape index (κ2) is 9.52. The van der Waals surface area contributed by atoms with Crippen LogP contribution in [0.3, 0.4) is 0 Å². The third kappa shape index (κ3) is 5.94. The van der Waals surface area contributed by atoms with Gasteiger partial charge in [-0.1, -0.05) is 18.2 Å². The van der Waals surface area contributed by atoms with Gasteiger partial charge in [-0.25, -0.2) is 4.98 Å². The molecule has 0 aliphatic rings. The molecule has 5 nitrogen and oxygen atoms in total. The summed E-state index contributed by atoms with van der Waals surface area (Å²) in [4.78, 5) is 29.1. The summed E-state index contributed by atoms with van der Waals surface area (Å²) in [5.74, 6) is -0.566. The maximum Gasteiger partial charge on any atom is 0.416 e. The van der Waals surface area contributed by atoms with Crippen LogP contribution in [-0.4, -0.2) is 22.8 Å². The van der Waals surface area contributed by atoms with Crippen molar-refractivity contribution in [2.24, 2.45) is 0 Å². The Morgan fingerprint density at radius 1 is 1.12 bits per heavy atom. The van der Waals surface area contributed by atoms with E-state index in [9.17, 15) is 22.8 Å². The van der Waals surface area contributed by atoms with E-state index in [2.05, 4.69) is 15.6 Å². The number of rotatable bonds is 6. The van der Waals surface area contributed by atoms with Gasteiger partial charge in [0, 0.05) is 28.2 Å². The summed E-state index contributed by atoms with van der Waals surface area (Å²) in [5, 5.41) is 7.61. The number of carbonyl (C=O) groups is 2. The number of thiazole rings is 1. The van der Waals surface area contributed by atoms with Gasteiger partial charge >= 0.3 is 6.18 Å². The van der Waals surface area contributed by atoms with Crippen molar-refractivity contribution < 1.29 is 22.8 Å². The minimum Gasteiger partial charge on any atom is -0.350 e. The van der Waals surface area contributed by atoms with Crippen LogP contribution < -0.4 is 10.6 Å². The summed E-state index contributed by atoms with van der Waals surface area (Å²) < 4.78 is 38.8. The van der Waals surface area contributed by atoms with Crippen molar-refractivity contribution in [3.8, 4) is 10.6 Å². The first-order valence-electron chi connectivity index (χ1n) is 9.86. The van der Waals surface area contributed by atoms with E-state index >= 15 is 0 Å². The molecule has 2 aromatic carbocycles. The Morgan fingerprint density at radius 2 is 1.88 bits per heavy atom. The van der Waals surface area contributed by atoms with Gasteiger partial charge in [-0.05, 0) is 50.6 Å². The number of hydrogen-bond acceptors (Lipinski definition) is 4. The van der Waals surface area contributed by atoms with E-state index < -0.39 is 11.7 Å². The lowest BCUT2D eigenvalue weighted by atomic mass is 10.1. The Labute approximate surface area is 187 Å². The van der Waals surface area contributed by atoms with E-state index in [4.69, 9.17) is 0 Å². The molecule has 0 unspecified atom stereocenters. The van der Waals surface area contributed by atoms with E-state index in [1.807, 2.05) is 20.8 Å². The van der Waals surface area contributed by atoms with E-state index in [0.717, 1.165) is 17.7 Å². The maximum atomic E-state index is 12.9. The molecule has 0 saturated heterocycles. The van der Waals surface area contributed by atoms with Gasteiger partial charge in [0.05, 0.1) is 17.7 Å². The summed E-state index contributed by atoms with van der Waals surface area (Å²) in [7, 11) is 0. The largest absolute Gasteiger partial charge is 0.416 e. The number of halogens is 3. The molecule has 32 heavy (non-hydrogen) atoms. The highest BCUT2D eigenvalue weighted by Crippen LogP contribution is 2.33. The number of benzene rings is 2. The highest BCUT2D eigenvalue weighted by Gasteiger charge is 2.30. The molecular formula is C23H22F3N3O2S. The van der Waals surface area contributed by atoms with Crippen LogP contribution in [0.5, 0.6) is 0 Å². The van der Waals surface area contributed by atoms with Crippen molar-refractivity contribution >= 4 is 28.8 Å². The first-order chi connectivity index (χ1) is 15.0. The molecule has 1 aromatic heterocycles. The monoisotopic (exact) mass is 461 g/mol. The number of alkyl halides is 3. The standard InChI is InChI=1S/C23H22F3N3O2S/c1-13(2)27-21(31)19-10-17(8-7-14(19)3)28-20(30)11-18-12-32-22(29-18)15-5-4-6-16(9-15)23(24,25)26/h4-10,12-13H,11H2,1-3H3,(H,27,31)(H,28,30). The van der Waals surface area contributed by atoms with Crippen molar-refractivity contribution in [3.05, 3.63) is 70.2 Å². The average molecular weight is 462 g/mol. The molecule has 9 heteroatoms. The number of nitrogens with one attached hydrogen (secondary N) is 2. The number of anilines is 1. The van der Waals surface area contributed by atoms with Crippen LogP contribution in [-0.2, 0) is 17.4 Å². The molecule has 0 aliphatic carbocycles. The lowest BCUT2D eigenvalue weighted by Gasteiger charge is -2.12. The molecule has 0 aliphatic heterocycles. The van der Waals surface area contributed by atoms with Crippen molar-refractivity contribution in [3.63, 3.8) is 0 Å². The molecule has 2 amide bonds. The molecule has 0 saturated carbocycles. The van der Waals surface area contributed by atoms with Crippen LogP contribution in [0.25, 0.3) is 10.6 Å². The Bertz CT molecular complexity index is 1140. The van der Waals surface area contributed by atoms with E-state index in [1.165, 1.54) is 17.4 Å². The molecule has 3 aromatic rings. The topological polar surface area (TPSA) is 71.1 Å². The highest BCUT2D eigenvalue weighted by molar-refractivity contribution is 7.13. The smallest absolute Gasteiger partial charge is 0.350 e. The lowest BCUT2D eigenvalue weighted by Crippen LogP contribution is -2.30. The van der Waals surface area contributed by atoms with Crippen LogP contribution in [0.2, 0.25) is 0 Å². The molecule has 2 N–H and O–H groups in total. The fraction of sp³-hybridized carbons (Fsp3) is 0.261. The summed E-state index contributed by atoms with van der Waals surface area (Å²) in [6, 6.07) is 9.97. The number of carbonyl (C=O) groups excluding carboxylic acids is 2. The zero-order valence-corrected chi connectivity index (χ0v) is 18.5. The molecular weight excluding hydrogens is 439 g/mol. The zero-order valence-electron chi connectivity index (χ0n) is 17.7. The van der Waals surface area contributed by atoms with Crippen LogP contribution in [0.1, 0.15) is 41.0 Å². The predicted molar refractivity (Wildman–Crippen MR) is 119 cm³/mol. The van der Waals surface area contributed by atoms with Crippen molar-refractivity contribution in [1.29, 1.82) is 0 Å². The first-order valence-corrected chi connectivity index (χ1v) is 10.7. The van der Waals surface area contributed by atoms with Gasteiger partial charge in [0.25, 0.3) is 5.91 Å². The number of hydrogen-bond donors (Lipinski definition) is 2. The number of nitrogens with zero attached hydrogens (tertiary/aromatic N) is 1. The zero-order chi connectivity index (χ0) is 23.5. The lowest BCUT2D eigenvalue weighted by molar-refractivity contribution is -0.137. The molecule has 0 spiro atoms. The highest BCUT2D eigenvalue weighted by atomic mass is 32.1. The molecule has 3 rings (SSSR count). The fourth-order valence-corrected chi connectivity index (χ4v) is 3.82. The van der Waals surface area contributed by atoms with Crippen molar-refractivity contribution in [2.75, 3.05) is 5.32 Å². The molecule has 168 valence electrons. The number of aryl methyl sites for hydroxylation is 1. The van der Waals surface area contributed by atoms with Gasteiger partial charge in [0.1, 0.15) is 5.01 Å². The molecule has 0 atom stereocenters. The Morgan fingerprint density at radius 3 is 2.56 bits per heavy atom. The third-order valence-corrected chi connectivity index (χ3v) is 5.46. The van der Waals surface area contributed by atoms with Crippen LogP contribution >= 0.6 is 11.3 Å². The number of aromatic nitrogens is 1. The normalized spacial score (nSPS) is 11.5. The quantitative estimate of drug-likeness (QED) is 0.512. The summed E-state index contributed by atoms with van der Waals surface area (Å²) in [6.07, 6.45) is -4.48. The van der Waals surface area contributed by atoms with Crippen LogP contribution in [0, 0.1) is 6.92 Å². The van der Waals surface area contributed by atoms with Gasteiger partial charge in [-0.2, -0.15) is 13.2 Å². The van der Waals surface area contributed by atoms with E-state index in [0.29, 0.717) is 27.5 Å². The number of amides is 2. The molecule has 0 radical (unpaired) electrons. The van der Waals surface area contributed by atoms with Crippen LogP contribution in [0.4, 0.5) is 18.9 Å². The SMILES string of the molecule is Cc1ccc(NC(=O)Cc2csc(-c3cccc(C(F)(F)F)c3)n2)cc1C(=O)NC(C)C. The molecule has 1 heterocycles. The van der Waals surface area contributed by atoms with Crippen LogP contribution in [0.15, 0.2) is 47.8 Å². The minimum atomic E-state index is -4.44. The average Bonchev–Trinajstić information content (AvgIpc) is 3.16. The van der Waals surface area contributed by atoms with Crippen molar-refractivity contribution in [2.45, 2.75) is 39.4 Å². The van der Waals surface area contributed by atoms with Gasteiger partial charge in [-0.15, -0.1) is 11.3 Å². The van der Waals surface area contributed by atoms with Gasteiger partial charge < -0.3 is 10.6 Å². The van der Waals surface area contributed by atoms with Gasteiger partial charge in [-0.3, -0.25) is 9.59 Å². The second-order valence-electron chi connectivity index (χ2n) is 7.61. The summed E-state index contributed by atoms with van der Waals surface area (Å²) >= 11 is 1.17. The van der Waals surface area contributed by atoms with Gasteiger partial charge in [0.2, 0.25) is 5.91 Å². The van der Waals surface area contributed by atoms with E-state index in [-0.39, 0.29) is 24.3 Å². The maximum absolute atomic E-state index is 12.9. The summed E-state index contributed by atoms with van der Waals surface area (Å²) in [6.45, 7) is 5.53.